The lowest BCUT2D eigenvalue weighted by Gasteiger charge is -2.25. The average molecular weight is 242 g/mol. The summed E-state index contributed by atoms with van der Waals surface area (Å²) in [5, 5.41) is 0. The minimum Gasteiger partial charge on any atom is -0.376 e. The molecule has 0 unspecified atom stereocenters. The van der Waals surface area contributed by atoms with Crippen molar-refractivity contribution >= 4 is 5.78 Å². The first kappa shape index (κ1) is 16.6. The lowest BCUT2D eigenvalue weighted by Crippen LogP contribution is -2.26. The summed E-state index contributed by atoms with van der Waals surface area (Å²) in [6, 6.07) is 0. The Kier molecular flexibility index (Phi) is 6.99. The van der Waals surface area contributed by atoms with Crippen molar-refractivity contribution in [2.24, 2.45) is 5.41 Å². The molecule has 2 nitrogen and oxygen atoms in total. The number of rotatable bonds is 9. The highest BCUT2D eigenvalue weighted by atomic mass is 16.5. The molecule has 0 aromatic rings. The number of ketones is 1. The first-order chi connectivity index (χ1) is 7.75. The van der Waals surface area contributed by atoms with Gasteiger partial charge >= 0.3 is 0 Å². The molecule has 0 aliphatic rings. The summed E-state index contributed by atoms with van der Waals surface area (Å²) in [6.45, 7) is 13.2. The van der Waals surface area contributed by atoms with Crippen LogP contribution in [0.2, 0.25) is 0 Å². The minimum atomic E-state index is -0.168. The maximum Gasteiger partial charge on any atom is 0.138 e. The van der Waals surface area contributed by atoms with Gasteiger partial charge in [-0.15, -0.1) is 0 Å². The summed E-state index contributed by atoms with van der Waals surface area (Å²) in [7, 11) is 0. The van der Waals surface area contributed by atoms with Crippen molar-refractivity contribution in [3.63, 3.8) is 0 Å². The highest BCUT2D eigenvalue weighted by Gasteiger charge is 2.24. The second kappa shape index (κ2) is 7.15. The molecular weight excluding hydrogens is 212 g/mol. The molecule has 0 aromatic carbocycles. The summed E-state index contributed by atoms with van der Waals surface area (Å²) < 4.78 is 5.81. The van der Waals surface area contributed by atoms with Crippen molar-refractivity contribution in [2.45, 2.75) is 79.2 Å². The summed E-state index contributed by atoms with van der Waals surface area (Å²) in [5.41, 5.74) is -0.211. The molecule has 0 aliphatic heterocycles. The van der Waals surface area contributed by atoms with E-state index in [2.05, 4.69) is 27.7 Å². The Balaban J connectivity index is 3.83. The van der Waals surface area contributed by atoms with E-state index >= 15 is 0 Å². The zero-order valence-corrected chi connectivity index (χ0v) is 12.6. The van der Waals surface area contributed by atoms with Gasteiger partial charge in [-0.1, -0.05) is 34.1 Å². The zero-order chi connectivity index (χ0) is 13.5. The number of hydrogen-bond donors (Lipinski definition) is 0. The molecule has 0 radical (unpaired) electrons. The van der Waals surface area contributed by atoms with E-state index in [4.69, 9.17) is 4.74 Å². The maximum atomic E-state index is 11.9. The van der Waals surface area contributed by atoms with E-state index in [0.29, 0.717) is 18.8 Å². The van der Waals surface area contributed by atoms with Gasteiger partial charge < -0.3 is 4.74 Å². The first-order valence-electron chi connectivity index (χ1n) is 6.92. The summed E-state index contributed by atoms with van der Waals surface area (Å²) in [4.78, 5) is 11.9. The Labute approximate surface area is 107 Å². The number of carbonyl (C=O) groups is 1. The highest BCUT2D eigenvalue weighted by Crippen LogP contribution is 2.23. The van der Waals surface area contributed by atoms with Gasteiger partial charge in [-0.2, -0.15) is 0 Å². The molecule has 0 heterocycles. The molecule has 0 saturated heterocycles. The fraction of sp³-hybridized carbons (Fsp3) is 0.933. The van der Waals surface area contributed by atoms with Crippen LogP contribution in [0.3, 0.4) is 0 Å². The molecule has 17 heavy (non-hydrogen) atoms. The molecule has 0 N–H and O–H groups in total. The number of hydrogen-bond acceptors (Lipinski definition) is 2. The SMILES string of the molecule is CCCC(C)(C)OCCCC(=O)C(C)(C)CC. The predicted molar refractivity (Wildman–Crippen MR) is 73.3 cm³/mol. The standard InChI is InChI=1S/C15H30O2/c1-7-11-15(5,6)17-12-9-10-13(16)14(3,4)8-2/h7-12H2,1-6H3. The van der Waals surface area contributed by atoms with E-state index in [1.165, 1.54) is 0 Å². The van der Waals surface area contributed by atoms with Crippen LogP contribution in [0.1, 0.15) is 73.6 Å². The van der Waals surface area contributed by atoms with Gasteiger partial charge in [-0.05, 0) is 33.1 Å². The second-order valence-corrected chi connectivity index (χ2v) is 6.12. The monoisotopic (exact) mass is 242 g/mol. The molecule has 0 aliphatic carbocycles. The normalized spacial score (nSPS) is 12.8. The van der Waals surface area contributed by atoms with Crippen LogP contribution < -0.4 is 0 Å². The van der Waals surface area contributed by atoms with E-state index < -0.39 is 0 Å². The van der Waals surface area contributed by atoms with Gasteiger partial charge in [0.15, 0.2) is 0 Å². The highest BCUT2D eigenvalue weighted by molar-refractivity contribution is 5.83. The van der Waals surface area contributed by atoms with Crippen molar-refractivity contribution < 1.29 is 9.53 Å². The van der Waals surface area contributed by atoms with Gasteiger partial charge in [0.25, 0.3) is 0 Å². The van der Waals surface area contributed by atoms with Gasteiger partial charge in [-0.3, -0.25) is 4.79 Å². The zero-order valence-electron chi connectivity index (χ0n) is 12.6. The van der Waals surface area contributed by atoms with E-state index in [-0.39, 0.29) is 11.0 Å². The number of carbonyl (C=O) groups excluding carboxylic acids is 1. The van der Waals surface area contributed by atoms with E-state index in [1.54, 1.807) is 0 Å². The molecule has 0 saturated carbocycles. The van der Waals surface area contributed by atoms with Crippen LogP contribution in [-0.4, -0.2) is 18.0 Å². The second-order valence-electron chi connectivity index (χ2n) is 6.12. The molecular formula is C15H30O2. The van der Waals surface area contributed by atoms with Crippen LogP contribution in [0.15, 0.2) is 0 Å². The van der Waals surface area contributed by atoms with E-state index in [9.17, 15) is 4.79 Å². The molecule has 0 rings (SSSR count). The fourth-order valence-corrected chi connectivity index (χ4v) is 1.79. The van der Waals surface area contributed by atoms with Crippen molar-refractivity contribution in [3.05, 3.63) is 0 Å². The molecule has 102 valence electrons. The topological polar surface area (TPSA) is 26.3 Å². The van der Waals surface area contributed by atoms with Crippen LogP contribution in [0, 0.1) is 5.41 Å². The van der Waals surface area contributed by atoms with Gasteiger partial charge in [0.2, 0.25) is 0 Å². The average Bonchev–Trinajstić information content (AvgIpc) is 2.24. The van der Waals surface area contributed by atoms with Gasteiger partial charge in [0, 0.05) is 18.4 Å². The largest absolute Gasteiger partial charge is 0.376 e. The first-order valence-corrected chi connectivity index (χ1v) is 6.92. The van der Waals surface area contributed by atoms with Crippen LogP contribution in [0.5, 0.6) is 0 Å². The molecule has 0 amide bonds. The van der Waals surface area contributed by atoms with Crippen molar-refractivity contribution in [2.75, 3.05) is 6.61 Å². The number of Topliss-reactive ketones (excluding diaryl/α,β-unsaturated/α-hetero) is 1. The Bertz CT molecular complexity index is 229. The third-order valence-electron chi connectivity index (χ3n) is 3.53. The Hall–Kier alpha value is -0.370. The minimum absolute atomic E-state index is 0.0436. The summed E-state index contributed by atoms with van der Waals surface area (Å²) in [6.07, 6.45) is 4.60. The van der Waals surface area contributed by atoms with E-state index in [1.807, 2.05) is 13.8 Å². The molecule has 0 spiro atoms. The Morgan fingerprint density at radius 2 is 1.71 bits per heavy atom. The Morgan fingerprint density at radius 3 is 2.18 bits per heavy atom. The lowest BCUT2D eigenvalue weighted by atomic mass is 9.83. The maximum absolute atomic E-state index is 11.9. The third kappa shape index (κ3) is 6.82. The summed E-state index contributed by atoms with van der Waals surface area (Å²) >= 11 is 0. The molecule has 0 aromatic heterocycles. The van der Waals surface area contributed by atoms with Crippen LogP contribution in [-0.2, 0) is 9.53 Å². The molecule has 2 heteroatoms. The smallest absolute Gasteiger partial charge is 0.138 e. The lowest BCUT2D eigenvalue weighted by molar-refractivity contribution is -0.128. The van der Waals surface area contributed by atoms with E-state index in [0.717, 1.165) is 25.7 Å². The van der Waals surface area contributed by atoms with Crippen molar-refractivity contribution in [1.29, 1.82) is 0 Å². The van der Waals surface area contributed by atoms with Gasteiger partial charge in [0.05, 0.1) is 5.60 Å². The predicted octanol–water partition coefficient (Wildman–Crippen LogP) is 4.37. The van der Waals surface area contributed by atoms with Crippen molar-refractivity contribution in [3.8, 4) is 0 Å². The van der Waals surface area contributed by atoms with Crippen LogP contribution in [0.25, 0.3) is 0 Å². The van der Waals surface area contributed by atoms with Crippen LogP contribution >= 0.6 is 0 Å². The Morgan fingerprint density at radius 1 is 1.12 bits per heavy atom. The van der Waals surface area contributed by atoms with Crippen molar-refractivity contribution in [1.82, 2.24) is 0 Å². The quantitative estimate of drug-likeness (QED) is 0.561. The van der Waals surface area contributed by atoms with Crippen LogP contribution in [0.4, 0.5) is 0 Å². The van der Waals surface area contributed by atoms with Gasteiger partial charge in [0.1, 0.15) is 5.78 Å². The summed E-state index contributed by atoms with van der Waals surface area (Å²) in [5.74, 6) is 0.358. The molecule has 0 bridgehead atoms. The fourth-order valence-electron chi connectivity index (χ4n) is 1.79. The molecule has 0 atom stereocenters. The molecule has 0 fully saturated rings. The van der Waals surface area contributed by atoms with Gasteiger partial charge in [-0.25, -0.2) is 0 Å². The third-order valence-corrected chi connectivity index (χ3v) is 3.53. The number of ether oxygens (including phenoxy) is 1.